The van der Waals surface area contributed by atoms with Crippen LogP contribution in [0.4, 0.5) is 0 Å². The van der Waals surface area contributed by atoms with Crippen molar-refractivity contribution < 1.29 is 20.4 Å². The Kier molecular flexibility index (Phi) is 2.70. The summed E-state index contributed by atoms with van der Waals surface area (Å²) in [6.45, 7) is 0. The van der Waals surface area contributed by atoms with Crippen molar-refractivity contribution in [2.24, 2.45) is 0 Å². The Hall–Kier alpha value is -0.778. The van der Waals surface area contributed by atoms with Crippen LogP contribution in [-0.2, 0) is 20.4 Å². The van der Waals surface area contributed by atoms with Gasteiger partial charge in [0, 0.05) is 32.8 Å². The van der Waals surface area contributed by atoms with E-state index in [0.29, 0.717) is 0 Å². The Morgan fingerprint density at radius 3 is 1.73 bits per heavy atom. The number of hydrogen-bond donors (Lipinski definition) is 0. The topological polar surface area (TPSA) is 25.8 Å². The first-order valence-corrected chi connectivity index (χ1v) is 3.12. The van der Waals surface area contributed by atoms with Crippen molar-refractivity contribution in [1.29, 1.82) is 0 Å². The first-order chi connectivity index (χ1) is 4.97. The van der Waals surface area contributed by atoms with Crippen LogP contribution in [0.1, 0.15) is 0 Å². The van der Waals surface area contributed by atoms with Gasteiger partial charge in [0.2, 0.25) is 0 Å². The maximum atomic E-state index is 4.12. The van der Waals surface area contributed by atoms with Gasteiger partial charge >= 0.3 is 0 Å². The van der Waals surface area contributed by atoms with Gasteiger partial charge < -0.3 is 0 Å². The van der Waals surface area contributed by atoms with Crippen LogP contribution in [0.2, 0.25) is 0 Å². The van der Waals surface area contributed by atoms with Gasteiger partial charge in [-0.1, -0.05) is 12.1 Å². The van der Waals surface area contributed by atoms with Gasteiger partial charge in [-0.3, -0.25) is 9.97 Å². The largest absolute Gasteiger partial charge is 0.253 e. The molecule has 11 heavy (non-hydrogen) atoms. The summed E-state index contributed by atoms with van der Waals surface area (Å²) in [5.41, 5.74) is 1.90. The van der Waals surface area contributed by atoms with Gasteiger partial charge in [-0.2, -0.15) is 0 Å². The summed E-state index contributed by atoms with van der Waals surface area (Å²) >= 11 is 0. The Morgan fingerprint density at radius 1 is 0.818 bits per heavy atom. The minimum atomic E-state index is 0. The second-order valence-electron chi connectivity index (χ2n) is 2.05. The second kappa shape index (κ2) is 3.57. The number of hydrogen-bond acceptors (Lipinski definition) is 2. The molecule has 2 rings (SSSR count). The van der Waals surface area contributed by atoms with Crippen LogP contribution in [0.5, 0.6) is 0 Å². The Bertz CT molecular complexity index is 283. The van der Waals surface area contributed by atoms with Gasteiger partial charge in [0.05, 0.1) is 11.0 Å². The minimum Gasteiger partial charge on any atom is -0.253 e. The Labute approximate surface area is 78.3 Å². The number of para-hydroxylation sites is 2. The average molecular weight is 237 g/mol. The molecule has 0 fully saturated rings. The zero-order valence-electron chi connectivity index (χ0n) is 5.67. The summed E-state index contributed by atoms with van der Waals surface area (Å²) in [5.74, 6) is 0. The summed E-state index contributed by atoms with van der Waals surface area (Å²) in [4.78, 5) is 8.24. The van der Waals surface area contributed by atoms with Crippen LogP contribution >= 0.6 is 0 Å². The maximum Gasteiger partial charge on any atom is 0.0886 e. The molecule has 0 spiro atoms. The third kappa shape index (κ3) is 1.62. The summed E-state index contributed by atoms with van der Waals surface area (Å²) in [7, 11) is 0. The van der Waals surface area contributed by atoms with Gasteiger partial charge in [0.15, 0.2) is 0 Å². The average Bonchev–Trinajstić information content (AvgIpc) is 2.05. The molecule has 3 heteroatoms. The van der Waals surface area contributed by atoms with Crippen molar-refractivity contribution in [3.8, 4) is 0 Å². The van der Waals surface area contributed by atoms with Crippen molar-refractivity contribution in [2.75, 3.05) is 0 Å². The Morgan fingerprint density at radius 2 is 1.27 bits per heavy atom. The first-order valence-electron chi connectivity index (χ1n) is 3.12. The molecule has 0 saturated heterocycles. The van der Waals surface area contributed by atoms with Crippen LogP contribution in [0.25, 0.3) is 11.0 Å². The smallest absolute Gasteiger partial charge is 0.0886 e. The van der Waals surface area contributed by atoms with E-state index in [1.165, 1.54) is 0 Å². The molecule has 2 aromatic rings. The molecule has 0 atom stereocenters. The fraction of sp³-hybridized carbons (Fsp3) is 0. The van der Waals surface area contributed by atoms with Crippen molar-refractivity contribution >= 4 is 11.0 Å². The van der Waals surface area contributed by atoms with Crippen LogP contribution in [0.3, 0.4) is 0 Å². The molecular formula is C8H6N2Pd. The molecule has 0 amide bonds. The van der Waals surface area contributed by atoms with Crippen LogP contribution < -0.4 is 0 Å². The quantitative estimate of drug-likeness (QED) is 0.650. The predicted octanol–water partition coefficient (Wildman–Crippen LogP) is 1.63. The standard InChI is InChI=1S/C8H6N2.Pd/c1-2-4-8-7(3-1)9-5-6-10-8;/h1-6H;. The molecule has 0 aliphatic rings. The molecule has 58 valence electrons. The SMILES string of the molecule is [Pd].c1ccc2nccnc2c1. The van der Waals surface area contributed by atoms with Crippen LogP contribution in [0, 0.1) is 0 Å². The van der Waals surface area contributed by atoms with E-state index in [1.807, 2.05) is 24.3 Å². The van der Waals surface area contributed by atoms with E-state index >= 15 is 0 Å². The molecule has 1 heterocycles. The normalized spacial score (nSPS) is 9.09. The van der Waals surface area contributed by atoms with Gasteiger partial charge in [-0.15, -0.1) is 0 Å². The molecule has 0 saturated carbocycles. The fourth-order valence-corrected chi connectivity index (χ4v) is 0.910. The molecule has 0 bridgehead atoms. The first kappa shape index (κ1) is 8.32. The van der Waals surface area contributed by atoms with Crippen LogP contribution in [-0.4, -0.2) is 9.97 Å². The second-order valence-corrected chi connectivity index (χ2v) is 2.05. The molecule has 1 aromatic heterocycles. The number of fused-ring (bicyclic) bond motifs is 1. The van der Waals surface area contributed by atoms with Crippen molar-refractivity contribution in [3.05, 3.63) is 36.7 Å². The summed E-state index contributed by atoms with van der Waals surface area (Å²) in [6.07, 6.45) is 3.39. The zero-order valence-corrected chi connectivity index (χ0v) is 7.23. The molecule has 0 unspecified atom stereocenters. The summed E-state index contributed by atoms with van der Waals surface area (Å²) in [6, 6.07) is 7.80. The van der Waals surface area contributed by atoms with Crippen molar-refractivity contribution in [1.82, 2.24) is 9.97 Å². The van der Waals surface area contributed by atoms with E-state index in [-0.39, 0.29) is 20.4 Å². The number of benzene rings is 1. The molecule has 0 radical (unpaired) electrons. The predicted molar refractivity (Wildman–Crippen MR) is 39.5 cm³/mol. The third-order valence-electron chi connectivity index (χ3n) is 1.38. The molecule has 0 aliphatic carbocycles. The van der Waals surface area contributed by atoms with E-state index in [4.69, 9.17) is 0 Å². The van der Waals surface area contributed by atoms with E-state index in [0.717, 1.165) is 11.0 Å². The van der Waals surface area contributed by atoms with E-state index in [9.17, 15) is 0 Å². The van der Waals surface area contributed by atoms with E-state index in [1.54, 1.807) is 12.4 Å². The van der Waals surface area contributed by atoms with Crippen molar-refractivity contribution in [2.45, 2.75) is 0 Å². The monoisotopic (exact) mass is 236 g/mol. The molecule has 1 aromatic carbocycles. The zero-order chi connectivity index (χ0) is 6.81. The van der Waals surface area contributed by atoms with Gasteiger partial charge in [0.1, 0.15) is 0 Å². The Balaban J connectivity index is 0.000000605. The van der Waals surface area contributed by atoms with Gasteiger partial charge in [-0.05, 0) is 12.1 Å². The maximum absolute atomic E-state index is 4.12. The van der Waals surface area contributed by atoms with E-state index in [2.05, 4.69) is 9.97 Å². The molecule has 0 aliphatic heterocycles. The van der Waals surface area contributed by atoms with Gasteiger partial charge in [-0.25, -0.2) is 0 Å². The number of aromatic nitrogens is 2. The minimum absolute atomic E-state index is 0. The van der Waals surface area contributed by atoms with Crippen LogP contribution in [0.15, 0.2) is 36.7 Å². The van der Waals surface area contributed by atoms with Crippen molar-refractivity contribution in [3.63, 3.8) is 0 Å². The number of rotatable bonds is 0. The molecular weight excluding hydrogens is 231 g/mol. The molecule has 2 nitrogen and oxygen atoms in total. The van der Waals surface area contributed by atoms with E-state index < -0.39 is 0 Å². The third-order valence-corrected chi connectivity index (χ3v) is 1.38. The summed E-state index contributed by atoms with van der Waals surface area (Å²) in [5, 5.41) is 0. The summed E-state index contributed by atoms with van der Waals surface area (Å²) < 4.78 is 0. The fourth-order valence-electron chi connectivity index (χ4n) is 0.910. The molecule has 0 N–H and O–H groups in total. The van der Waals surface area contributed by atoms with Gasteiger partial charge in [0.25, 0.3) is 0 Å². The number of nitrogens with zero attached hydrogens (tertiary/aromatic N) is 2.